The first-order valence-corrected chi connectivity index (χ1v) is 14.3. The highest BCUT2D eigenvalue weighted by molar-refractivity contribution is 7.97. The molecule has 2 fully saturated rings. The molecule has 1 aliphatic heterocycles. The van der Waals surface area contributed by atoms with E-state index in [0.717, 1.165) is 24.2 Å². The molecule has 4 nitrogen and oxygen atoms in total. The number of benzene rings is 3. The van der Waals surface area contributed by atoms with Crippen LogP contribution in [0.1, 0.15) is 32.1 Å². The summed E-state index contributed by atoms with van der Waals surface area (Å²) in [6.07, 6.45) is 3.50. The lowest BCUT2D eigenvalue weighted by Crippen LogP contribution is -2.47. The van der Waals surface area contributed by atoms with Gasteiger partial charge < -0.3 is 9.47 Å². The van der Waals surface area contributed by atoms with Crippen LogP contribution in [0, 0.1) is 0 Å². The third kappa shape index (κ3) is 4.76. The Balaban J connectivity index is 1.43. The summed E-state index contributed by atoms with van der Waals surface area (Å²) in [5.74, 6) is -0.721. The van der Waals surface area contributed by atoms with Crippen molar-refractivity contribution in [2.24, 2.45) is 0 Å². The summed E-state index contributed by atoms with van der Waals surface area (Å²) in [5.41, 5.74) is 0. The second-order valence-corrected chi connectivity index (χ2v) is 12.9. The van der Waals surface area contributed by atoms with Gasteiger partial charge in [-0.2, -0.15) is 0 Å². The van der Waals surface area contributed by atoms with Crippen LogP contribution in [-0.4, -0.2) is 32.7 Å². The molecule has 1 heterocycles. The number of hydrogen-bond acceptors (Lipinski definition) is 4. The van der Waals surface area contributed by atoms with Crippen molar-refractivity contribution >= 4 is 20.7 Å². The first-order valence-electron chi connectivity index (χ1n) is 11.5. The summed E-state index contributed by atoms with van der Waals surface area (Å²) in [5, 5.41) is -0.475. The van der Waals surface area contributed by atoms with Gasteiger partial charge in [0, 0.05) is 12.8 Å². The van der Waals surface area contributed by atoms with E-state index >= 15 is 0 Å². The Morgan fingerprint density at radius 2 is 1.27 bits per heavy atom. The van der Waals surface area contributed by atoms with Crippen LogP contribution < -0.4 is 0 Å². The summed E-state index contributed by atoms with van der Waals surface area (Å²) in [7, 11) is -3.76. The maximum atomic E-state index is 13.5. The second kappa shape index (κ2) is 9.63. The van der Waals surface area contributed by atoms with Crippen molar-refractivity contribution in [1.29, 1.82) is 0 Å². The molecule has 3 aromatic rings. The highest BCUT2D eigenvalue weighted by Crippen LogP contribution is 2.40. The summed E-state index contributed by atoms with van der Waals surface area (Å²) < 4.78 is 38.9. The van der Waals surface area contributed by atoms with Crippen LogP contribution in [0.15, 0.2) is 105 Å². The van der Waals surface area contributed by atoms with Crippen LogP contribution in [0.4, 0.5) is 0 Å². The molecule has 6 heteroatoms. The fourth-order valence-electron chi connectivity index (χ4n) is 4.77. The van der Waals surface area contributed by atoms with Gasteiger partial charge in [0.2, 0.25) is 0 Å². The maximum absolute atomic E-state index is 13.5. The van der Waals surface area contributed by atoms with E-state index in [-0.39, 0.29) is 10.9 Å². The third-order valence-corrected chi connectivity index (χ3v) is 10.9. The molecule has 0 aromatic heterocycles. The summed E-state index contributed by atoms with van der Waals surface area (Å²) in [6, 6.07) is 28.3. The number of hydrogen-bond donors (Lipinski definition) is 0. The van der Waals surface area contributed by atoms with Gasteiger partial charge in [-0.1, -0.05) is 36.4 Å². The van der Waals surface area contributed by atoms with Gasteiger partial charge in [-0.25, -0.2) is 8.42 Å². The molecule has 0 bridgehead atoms. The lowest BCUT2D eigenvalue weighted by molar-refractivity contribution is -0.279. The third-order valence-electron chi connectivity index (χ3n) is 6.43. The van der Waals surface area contributed by atoms with Gasteiger partial charge in [-0.15, -0.1) is 0 Å². The van der Waals surface area contributed by atoms with E-state index in [1.165, 1.54) is 9.79 Å². The molecule has 2 aliphatic rings. The van der Waals surface area contributed by atoms with E-state index in [0.29, 0.717) is 31.0 Å². The highest BCUT2D eigenvalue weighted by atomic mass is 32.2. The first kappa shape index (κ1) is 22.7. The Bertz CT molecular complexity index is 1110. The zero-order valence-electron chi connectivity index (χ0n) is 18.6. The standard InChI is InChI=1S/C27H29O4S2/c28-33(29,26-13-7-18-27(21-26)30-19-8-20-31-27)25-16-14-24(15-17-25)32(22-9-3-1-4-10-22)23-11-5-2-6-12-23/h1-6,9-12,14-17,26H,7-8,13,18-21H2/q+1. The Labute approximate surface area is 199 Å². The zero-order valence-corrected chi connectivity index (χ0v) is 20.2. The van der Waals surface area contributed by atoms with Gasteiger partial charge in [0.15, 0.2) is 30.3 Å². The Kier molecular flexibility index (Phi) is 6.61. The first-order chi connectivity index (χ1) is 16.1. The van der Waals surface area contributed by atoms with Crippen LogP contribution in [0.25, 0.3) is 0 Å². The van der Waals surface area contributed by atoms with Crippen molar-refractivity contribution in [1.82, 2.24) is 0 Å². The van der Waals surface area contributed by atoms with Crippen LogP contribution in [0.2, 0.25) is 0 Å². The fraction of sp³-hybridized carbons (Fsp3) is 0.333. The molecular weight excluding hydrogens is 452 g/mol. The molecule has 5 rings (SSSR count). The van der Waals surface area contributed by atoms with Gasteiger partial charge >= 0.3 is 0 Å². The molecule has 0 amide bonds. The lowest BCUT2D eigenvalue weighted by atomic mass is 9.93. The van der Waals surface area contributed by atoms with Crippen molar-refractivity contribution in [3.8, 4) is 0 Å². The van der Waals surface area contributed by atoms with Crippen molar-refractivity contribution in [3.63, 3.8) is 0 Å². The second-order valence-electron chi connectivity index (χ2n) is 8.63. The predicted molar refractivity (Wildman–Crippen MR) is 130 cm³/mol. The molecule has 1 atom stereocenters. The molecule has 0 radical (unpaired) electrons. The largest absolute Gasteiger partial charge is 0.350 e. The SMILES string of the molecule is O=S(=O)(c1ccc([S+](c2ccccc2)c2ccccc2)cc1)C1CCCC2(C1)OCCCO2. The normalized spacial score (nSPS) is 20.7. The smallest absolute Gasteiger partial charge is 0.181 e. The van der Waals surface area contributed by atoms with E-state index < -0.39 is 20.9 Å². The van der Waals surface area contributed by atoms with Crippen molar-refractivity contribution in [2.75, 3.05) is 13.2 Å². The molecule has 1 aliphatic carbocycles. The van der Waals surface area contributed by atoms with E-state index in [1.807, 2.05) is 48.5 Å². The molecule has 3 aromatic carbocycles. The van der Waals surface area contributed by atoms with Crippen LogP contribution in [0.3, 0.4) is 0 Å². The molecular formula is C27H29O4S2+. The van der Waals surface area contributed by atoms with Gasteiger partial charge in [0.05, 0.1) is 34.3 Å². The molecule has 1 saturated carbocycles. The molecule has 0 N–H and O–H groups in total. The average Bonchev–Trinajstić information content (AvgIpc) is 2.86. The highest BCUT2D eigenvalue weighted by Gasteiger charge is 2.44. The summed E-state index contributed by atoms with van der Waals surface area (Å²) in [6.45, 7) is 1.28. The maximum Gasteiger partial charge on any atom is 0.181 e. The minimum absolute atomic E-state index is 0.298. The van der Waals surface area contributed by atoms with Crippen LogP contribution >= 0.6 is 0 Å². The molecule has 1 saturated heterocycles. The fourth-order valence-corrected chi connectivity index (χ4v) is 8.71. The monoisotopic (exact) mass is 481 g/mol. The topological polar surface area (TPSA) is 52.6 Å². The predicted octanol–water partition coefficient (Wildman–Crippen LogP) is 5.63. The zero-order chi connectivity index (χ0) is 22.7. The van der Waals surface area contributed by atoms with Gasteiger partial charge in [-0.05, 0) is 67.8 Å². The molecule has 172 valence electrons. The Hall–Kier alpha value is -2.12. The summed E-state index contributed by atoms with van der Waals surface area (Å²) in [4.78, 5) is 3.90. The molecule has 1 spiro atoms. The van der Waals surface area contributed by atoms with Crippen molar-refractivity contribution in [3.05, 3.63) is 84.9 Å². The van der Waals surface area contributed by atoms with Gasteiger partial charge in [0.1, 0.15) is 0 Å². The van der Waals surface area contributed by atoms with Crippen molar-refractivity contribution in [2.45, 2.75) is 62.7 Å². The Morgan fingerprint density at radius 3 is 1.85 bits per heavy atom. The Morgan fingerprint density at radius 1 is 0.727 bits per heavy atom. The van der Waals surface area contributed by atoms with Gasteiger partial charge in [0.25, 0.3) is 0 Å². The molecule has 33 heavy (non-hydrogen) atoms. The number of ether oxygens (including phenoxy) is 2. The average molecular weight is 482 g/mol. The quantitative estimate of drug-likeness (QED) is 0.443. The van der Waals surface area contributed by atoms with E-state index in [2.05, 4.69) is 24.3 Å². The van der Waals surface area contributed by atoms with Gasteiger partial charge in [-0.3, -0.25) is 0 Å². The van der Waals surface area contributed by atoms with Crippen molar-refractivity contribution < 1.29 is 17.9 Å². The van der Waals surface area contributed by atoms with Crippen LogP contribution in [0.5, 0.6) is 0 Å². The van der Waals surface area contributed by atoms with E-state index in [4.69, 9.17) is 9.47 Å². The van der Waals surface area contributed by atoms with Crippen LogP contribution in [-0.2, 0) is 30.2 Å². The van der Waals surface area contributed by atoms with E-state index in [9.17, 15) is 8.42 Å². The number of rotatable bonds is 5. The lowest BCUT2D eigenvalue weighted by Gasteiger charge is -2.42. The number of sulfone groups is 1. The minimum Gasteiger partial charge on any atom is -0.350 e. The summed E-state index contributed by atoms with van der Waals surface area (Å²) >= 11 is 0. The van der Waals surface area contributed by atoms with E-state index in [1.54, 1.807) is 12.1 Å². The molecule has 1 unspecified atom stereocenters. The minimum atomic E-state index is -3.47.